The van der Waals surface area contributed by atoms with E-state index < -0.39 is 31.3 Å². The van der Waals surface area contributed by atoms with E-state index in [9.17, 15) is 18.0 Å². The van der Waals surface area contributed by atoms with Crippen LogP contribution in [0.1, 0.15) is 43.9 Å². The molecular weight excluding hydrogens is 301 g/mol. The Hall–Kier alpha value is -1.64. The molecule has 9 heteroatoms. The number of nitrogens with zero attached hydrogens (tertiary/aromatic N) is 3. The first-order valence-electron chi connectivity index (χ1n) is 7.22. The van der Waals surface area contributed by atoms with Crippen LogP contribution < -0.4 is 5.32 Å². The van der Waals surface area contributed by atoms with Crippen molar-refractivity contribution in [3.05, 3.63) is 11.6 Å². The van der Waals surface area contributed by atoms with Crippen LogP contribution >= 0.6 is 0 Å². The van der Waals surface area contributed by atoms with E-state index in [1.807, 2.05) is 4.57 Å². The number of ether oxygens (including phenoxy) is 1. The zero-order chi connectivity index (χ0) is 16.2. The third kappa shape index (κ3) is 4.69. The summed E-state index contributed by atoms with van der Waals surface area (Å²) in [6, 6.07) is -0.429. The average molecular weight is 320 g/mol. The minimum atomic E-state index is -4.43. The molecule has 2 rings (SSSR count). The summed E-state index contributed by atoms with van der Waals surface area (Å²) in [5.41, 5.74) is 0. The summed E-state index contributed by atoms with van der Waals surface area (Å²) in [6.07, 6.45) is -0.384. The highest BCUT2D eigenvalue weighted by Crippen LogP contribution is 2.18. The number of hydrogen-bond acceptors (Lipinski definition) is 4. The van der Waals surface area contributed by atoms with Crippen LogP contribution in [0.5, 0.6) is 0 Å². The third-order valence-corrected chi connectivity index (χ3v) is 3.40. The monoisotopic (exact) mass is 320 g/mol. The van der Waals surface area contributed by atoms with E-state index in [-0.39, 0.29) is 0 Å². The second kappa shape index (κ2) is 7.08. The third-order valence-electron chi connectivity index (χ3n) is 3.40. The molecule has 1 aliphatic rings. The van der Waals surface area contributed by atoms with Crippen LogP contribution in [0, 0.1) is 0 Å². The molecule has 0 bridgehead atoms. The Morgan fingerprint density at radius 1 is 1.36 bits per heavy atom. The molecule has 1 aliphatic heterocycles. The highest BCUT2D eigenvalue weighted by molar-refractivity contribution is 5.77. The van der Waals surface area contributed by atoms with Crippen molar-refractivity contribution < 1.29 is 22.7 Å². The van der Waals surface area contributed by atoms with E-state index in [0.29, 0.717) is 5.82 Å². The van der Waals surface area contributed by atoms with Gasteiger partial charge in [-0.1, -0.05) is 6.42 Å². The zero-order valence-corrected chi connectivity index (χ0v) is 12.3. The van der Waals surface area contributed by atoms with Crippen LogP contribution in [0.4, 0.5) is 13.2 Å². The SMILES string of the molecule is C[C@H](NC(=O)COCC(F)(F)F)c1nnc2n1CCCCC2. The predicted octanol–water partition coefficient (Wildman–Crippen LogP) is 1.76. The summed E-state index contributed by atoms with van der Waals surface area (Å²) >= 11 is 0. The molecule has 0 aliphatic carbocycles. The maximum absolute atomic E-state index is 11.9. The summed E-state index contributed by atoms with van der Waals surface area (Å²) in [5, 5.41) is 10.8. The van der Waals surface area contributed by atoms with Crippen LogP contribution in [-0.2, 0) is 22.5 Å². The Kier molecular flexibility index (Phi) is 5.38. The fraction of sp³-hybridized carbons (Fsp3) is 0.769. The van der Waals surface area contributed by atoms with Crippen LogP contribution in [0.15, 0.2) is 0 Å². The molecule has 124 valence electrons. The van der Waals surface area contributed by atoms with Crippen molar-refractivity contribution in [1.82, 2.24) is 20.1 Å². The second-order valence-corrected chi connectivity index (χ2v) is 5.33. The average Bonchev–Trinajstić information content (AvgIpc) is 2.66. The van der Waals surface area contributed by atoms with Gasteiger partial charge in [-0.2, -0.15) is 13.2 Å². The molecule has 1 aromatic rings. The summed E-state index contributed by atoms with van der Waals surface area (Å²) in [4.78, 5) is 11.6. The number of hydrogen-bond donors (Lipinski definition) is 1. The molecular formula is C13H19F3N4O2. The number of halogens is 3. The Balaban J connectivity index is 1.88. The number of carbonyl (C=O) groups excluding carboxylic acids is 1. The zero-order valence-electron chi connectivity index (χ0n) is 12.3. The summed E-state index contributed by atoms with van der Waals surface area (Å²) in [7, 11) is 0. The Labute approximate surface area is 126 Å². The lowest BCUT2D eigenvalue weighted by molar-refractivity contribution is -0.175. The summed E-state index contributed by atoms with van der Waals surface area (Å²) in [5.74, 6) is 0.908. The van der Waals surface area contributed by atoms with Crippen LogP contribution in [0.3, 0.4) is 0 Å². The van der Waals surface area contributed by atoms with Crippen molar-refractivity contribution in [3.63, 3.8) is 0 Å². The molecule has 1 N–H and O–H groups in total. The van der Waals surface area contributed by atoms with Gasteiger partial charge in [0.25, 0.3) is 0 Å². The fourth-order valence-corrected chi connectivity index (χ4v) is 2.44. The minimum Gasteiger partial charge on any atom is -0.362 e. The number of rotatable bonds is 5. The number of aryl methyl sites for hydroxylation is 1. The lowest BCUT2D eigenvalue weighted by Crippen LogP contribution is -2.33. The molecule has 2 heterocycles. The Morgan fingerprint density at radius 2 is 2.14 bits per heavy atom. The number of aromatic nitrogens is 3. The molecule has 1 amide bonds. The number of fused-ring (bicyclic) bond motifs is 1. The normalized spacial score (nSPS) is 16.7. The number of amides is 1. The van der Waals surface area contributed by atoms with E-state index in [0.717, 1.165) is 38.1 Å². The van der Waals surface area contributed by atoms with Crippen molar-refractivity contribution in [2.45, 2.75) is 51.4 Å². The van der Waals surface area contributed by atoms with Gasteiger partial charge < -0.3 is 14.6 Å². The van der Waals surface area contributed by atoms with E-state index in [2.05, 4.69) is 20.3 Å². The quantitative estimate of drug-likeness (QED) is 0.897. The summed E-state index contributed by atoms with van der Waals surface area (Å²) < 4.78 is 42.1. The van der Waals surface area contributed by atoms with E-state index in [4.69, 9.17) is 0 Å². The molecule has 0 radical (unpaired) electrons. The van der Waals surface area contributed by atoms with E-state index in [1.165, 1.54) is 0 Å². The van der Waals surface area contributed by atoms with Gasteiger partial charge in [-0.15, -0.1) is 10.2 Å². The summed E-state index contributed by atoms with van der Waals surface area (Å²) in [6.45, 7) is 0.451. The number of alkyl halides is 3. The molecule has 0 fully saturated rings. The molecule has 22 heavy (non-hydrogen) atoms. The molecule has 0 spiro atoms. The van der Waals surface area contributed by atoms with Crippen molar-refractivity contribution >= 4 is 5.91 Å². The lowest BCUT2D eigenvalue weighted by atomic mass is 10.2. The van der Waals surface area contributed by atoms with Gasteiger partial charge in [-0.25, -0.2) is 0 Å². The Bertz CT molecular complexity index is 516. The van der Waals surface area contributed by atoms with Crippen LogP contribution in [0.2, 0.25) is 0 Å². The maximum atomic E-state index is 11.9. The highest BCUT2D eigenvalue weighted by Gasteiger charge is 2.28. The van der Waals surface area contributed by atoms with Gasteiger partial charge in [-0.3, -0.25) is 4.79 Å². The first kappa shape index (κ1) is 16.7. The molecule has 6 nitrogen and oxygen atoms in total. The van der Waals surface area contributed by atoms with Gasteiger partial charge in [0.2, 0.25) is 5.91 Å². The standard InChI is InChI=1S/C13H19F3N4O2/c1-9(17-11(21)7-22-8-13(14,15)16)12-19-18-10-5-3-2-4-6-20(10)12/h9H,2-8H2,1H3,(H,17,21)/t9-/m0/s1. The van der Waals surface area contributed by atoms with Crippen LogP contribution in [0.25, 0.3) is 0 Å². The molecule has 0 saturated carbocycles. The second-order valence-electron chi connectivity index (χ2n) is 5.33. The maximum Gasteiger partial charge on any atom is 0.411 e. The van der Waals surface area contributed by atoms with Gasteiger partial charge in [0.1, 0.15) is 19.0 Å². The first-order valence-corrected chi connectivity index (χ1v) is 7.22. The molecule has 1 aromatic heterocycles. The fourth-order valence-electron chi connectivity index (χ4n) is 2.44. The highest BCUT2D eigenvalue weighted by atomic mass is 19.4. The van der Waals surface area contributed by atoms with Gasteiger partial charge in [0.15, 0.2) is 5.82 Å². The number of carbonyl (C=O) groups is 1. The van der Waals surface area contributed by atoms with Crippen molar-refractivity contribution in [3.8, 4) is 0 Å². The minimum absolute atomic E-state index is 0.429. The van der Waals surface area contributed by atoms with Crippen LogP contribution in [-0.4, -0.2) is 40.1 Å². The first-order chi connectivity index (χ1) is 10.4. The molecule has 0 saturated heterocycles. The molecule has 1 atom stereocenters. The Morgan fingerprint density at radius 3 is 2.86 bits per heavy atom. The number of nitrogens with one attached hydrogen (secondary N) is 1. The largest absolute Gasteiger partial charge is 0.411 e. The van der Waals surface area contributed by atoms with Gasteiger partial charge in [0, 0.05) is 13.0 Å². The van der Waals surface area contributed by atoms with Gasteiger partial charge in [-0.05, 0) is 19.8 Å². The van der Waals surface area contributed by atoms with E-state index >= 15 is 0 Å². The van der Waals surface area contributed by atoms with Gasteiger partial charge >= 0.3 is 6.18 Å². The van der Waals surface area contributed by atoms with Gasteiger partial charge in [0.05, 0.1) is 6.04 Å². The van der Waals surface area contributed by atoms with E-state index in [1.54, 1.807) is 6.92 Å². The van der Waals surface area contributed by atoms with Crippen molar-refractivity contribution in [2.75, 3.05) is 13.2 Å². The molecule has 0 aromatic carbocycles. The molecule has 0 unspecified atom stereocenters. The van der Waals surface area contributed by atoms with Crippen molar-refractivity contribution in [2.24, 2.45) is 0 Å². The van der Waals surface area contributed by atoms with Crippen molar-refractivity contribution in [1.29, 1.82) is 0 Å². The predicted molar refractivity (Wildman–Crippen MR) is 71.0 cm³/mol. The lowest BCUT2D eigenvalue weighted by Gasteiger charge is -2.15. The smallest absolute Gasteiger partial charge is 0.362 e. The topological polar surface area (TPSA) is 69.0 Å².